The minimum Gasteiger partial charge on any atom is -0.361 e. The third-order valence-electron chi connectivity index (χ3n) is 3.52. The molecule has 1 amide bonds. The first kappa shape index (κ1) is 12.0. The fraction of sp³-hybridized carbons (Fsp3) is 0.333. The zero-order valence-electron chi connectivity index (χ0n) is 10.7. The quantitative estimate of drug-likeness (QED) is 0.845. The smallest absolute Gasteiger partial charge is 0.223 e. The molecule has 0 spiro atoms. The monoisotopic (exact) mass is 256 g/mol. The molecule has 0 saturated carbocycles. The van der Waals surface area contributed by atoms with Gasteiger partial charge in [-0.2, -0.15) is 0 Å². The number of hydrogen-bond acceptors (Lipinski definition) is 3. The van der Waals surface area contributed by atoms with E-state index in [-0.39, 0.29) is 5.91 Å². The number of aryl methyl sites for hydroxylation is 1. The van der Waals surface area contributed by atoms with Crippen molar-refractivity contribution in [3.05, 3.63) is 53.4 Å². The zero-order valence-corrected chi connectivity index (χ0v) is 10.7. The molecule has 0 radical (unpaired) electrons. The molecule has 0 bridgehead atoms. The number of fused-ring (bicyclic) bond motifs is 1. The maximum atomic E-state index is 12.2. The molecule has 0 saturated heterocycles. The predicted molar refractivity (Wildman–Crippen MR) is 70.4 cm³/mol. The molecule has 0 aliphatic carbocycles. The van der Waals surface area contributed by atoms with Gasteiger partial charge in [-0.15, -0.1) is 0 Å². The van der Waals surface area contributed by atoms with E-state index in [0.717, 1.165) is 30.7 Å². The van der Waals surface area contributed by atoms with Crippen molar-refractivity contribution in [2.75, 3.05) is 6.54 Å². The number of benzene rings is 1. The summed E-state index contributed by atoms with van der Waals surface area (Å²) in [5.74, 6) is 1.13. The molecule has 2 heterocycles. The van der Waals surface area contributed by atoms with Crippen molar-refractivity contribution in [3.63, 3.8) is 0 Å². The van der Waals surface area contributed by atoms with Crippen molar-refractivity contribution in [2.24, 2.45) is 0 Å². The minimum atomic E-state index is 0.204. The van der Waals surface area contributed by atoms with E-state index in [2.05, 4.69) is 17.3 Å². The van der Waals surface area contributed by atoms with Crippen LogP contribution in [0.5, 0.6) is 0 Å². The van der Waals surface area contributed by atoms with Gasteiger partial charge < -0.3 is 9.42 Å². The molecule has 4 nitrogen and oxygen atoms in total. The first-order chi connectivity index (χ1) is 9.33. The van der Waals surface area contributed by atoms with Crippen molar-refractivity contribution >= 4 is 5.91 Å². The highest BCUT2D eigenvalue weighted by Crippen LogP contribution is 2.19. The van der Waals surface area contributed by atoms with Crippen LogP contribution < -0.4 is 0 Å². The van der Waals surface area contributed by atoms with Crippen LogP contribution in [0.15, 0.2) is 41.1 Å². The van der Waals surface area contributed by atoms with Gasteiger partial charge in [0.25, 0.3) is 0 Å². The van der Waals surface area contributed by atoms with Crippen LogP contribution in [0.3, 0.4) is 0 Å². The van der Waals surface area contributed by atoms with Gasteiger partial charge in [0.2, 0.25) is 5.91 Å². The Labute approximate surface area is 112 Å². The van der Waals surface area contributed by atoms with Crippen molar-refractivity contribution in [1.82, 2.24) is 10.1 Å². The third-order valence-corrected chi connectivity index (χ3v) is 3.52. The second kappa shape index (κ2) is 5.26. The van der Waals surface area contributed by atoms with Gasteiger partial charge in [-0.3, -0.25) is 4.79 Å². The summed E-state index contributed by atoms with van der Waals surface area (Å²) in [5.41, 5.74) is 2.25. The second-order valence-electron chi connectivity index (χ2n) is 4.83. The highest BCUT2D eigenvalue weighted by Gasteiger charge is 2.22. The van der Waals surface area contributed by atoms with E-state index in [9.17, 15) is 4.79 Å². The number of amides is 1. The average Bonchev–Trinajstić information content (AvgIpc) is 2.93. The molecule has 1 aliphatic rings. The summed E-state index contributed by atoms with van der Waals surface area (Å²) in [7, 11) is 0. The van der Waals surface area contributed by atoms with Crippen LogP contribution in [0.1, 0.15) is 23.3 Å². The van der Waals surface area contributed by atoms with Gasteiger partial charge in [0.15, 0.2) is 0 Å². The van der Waals surface area contributed by atoms with Crippen molar-refractivity contribution in [3.8, 4) is 0 Å². The number of hydrogen-bond donors (Lipinski definition) is 0. The van der Waals surface area contributed by atoms with Gasteiger partial charge in [0.1, 0.15) is 5.76 Å². The molecule has 1 aromatic heterocycles. The first-order valence-corrected chi connectivity index (χ1v) is 6.57. The van der Waals surface area contributed by atoms with E-state index in [1.165, 1.54) is 5.56 Å². The molecular weight excluding hydrogens is 240 g/mol. The molecule has 3 rings (SSSR count). The molecule has 1 aromatic carbocycles. The Bertz CT molecular complexity index is 563. The van der Waals surface area contributed by atoms with Crippen LogP contribution >= 0.6 is 0 Å². The van der Waals surface area contributed by atoms with E-state index in [0.29, 0.717) is 13.0 Å². The van der Waals surface area contributed by atoms with E-state index >= 15 is 0 Å². The lowest BCUT2D eigenvalue weighted by Gasteiger charge is -2.25. The summed E-state index contributed by atoms with van der Waals surface area (Å²) in [5, 5.41) is 3.78. The molecule has 0 fully saturated rings. The van der Waals surface area contributed by atoms with Crippen molar-refractivity contribution in [2.45, 2.75) is 25.8 Å². The second-order valence-corrected chi connectivity index (χ2v) is 4.83. The number of nitrogens with zero attached hydrogens (tertiary/aromatic N) is 2. The van der Waals surface area contributed by atoms with Gasteiger partial charge in [-0.1, -0.05) is 35.5 Å². The standard InChI is InChI=1S/C15H16N2O2/c18-15(7-6-12-4-2-1-3-5-12)17-9-8-14-13(11-17)10-16-19-14/h1-5,10H,6-9,11H2. The van der Waals surface area contributed by atoms with Gasteiger partial charge >= 0.3 is 0 Å². The largest absolute Gasteiger partial charge is 0.361 e. The fourth-order valence-corrected chi connectivity index (χ4v) is 2.41. The van der Waals surface area contributed by atoms with E-state index in [1.54, 1.807) is 6.20 Å². The van der Waals surface area contributed by atoms with Crippen LogP contribution in [0, 0.1) is 0 Å². The fourth-order valence-electron chi connectivity index (χ4n) is 2.41. The van der Waals surface area contributed by atoms with Crippen LogP contribution in [-0.2, 0) is 24.2 Å². The molecule has 0 atom stereocenters. The van der Waals surface area contributed by atoms with E-state index in [1.807, 2.05) is 23.1 Å². The summed E-state index contributed by atoms with van der Waals surface area (Å²) in [4.78, 5) is 14.1. The first-order valence-electron chi connectivity index (χ1n) is 6.57. The molecule has 0 unspecified atom stereocenters. The zero-order chi connectivity index (χ0) is 13.1. The Kier molecular flexibility index (Phi) is 3.31. The number of carbonyl (C=O) groups is 1. The maximum Gasteiger partial charge on any atom is 0.223 e. The molecule has 1 aliphatic heterocycles. The van der Waals surface area contributed by atoms with E-state index < -0.39 is 0 Å². The summed E-state index contributed by atoms with van der Waals surface area (Å²) in [6, 6.07) is 10.1. The van der Waals surface area contributed by atoms with Gasteiger partial charge in [0, 0.05) is 24.9 Å². The lowest BCUT2D eigenvalue weighted by Crippen LogP contribution is -2.35. The van der Waals surface area contributed by atoms with Crippen molar-refractivity contribution in [1.29, 1.82) is 0 Å². The summed E-state index contributed by atoms with van der Waals surface area (Å²) >= 11 is 0. The normalized spacial score (nSPS) is 14.2. The highest BCUT2D eigenvalue weighted by atomic mass is 16.5. The average molecular weight is 256 g/mol. The molecular formula is C15H16N2O2. The predicted octanol–water partition coefficient (Wildman–Crippen LogP) is 2.19. The molecule has 19 heavy (non-hydrogen) atoms. The number of carbonyl (C=O) groups excluding carboxylic acids is 1. The van der Waals surface area contributed by atoms with Crippen molar-refractivity contribution < 1.29 is 9.32 Å². The van der Waals surface area contributed by atoms with Gasteiger partial charge in [0.05, 0.1) is 12.7 Å². The molecule has 4 heteroatoms. The Morgan fingerprint density at radius 3 is 3.00 bits per heavy atom. The van der Waals surface area contributed by atoms with Gasteiger partial charge in [-0.25, -0.2) is 0 Å². The van der Waals surface area contributed by atoms with Crippen LogP contribution in [0.25, 0.3) is 0 Å². The lowest BCUT2D eigenvalue weighted by atomic mass is 10.1. The Morgan fingerprint density at radius 2 is 2.16 bits per heavy atom. The van der Waals surface area contributed by atoms with Crippen LogP contribution in [0.2, 0.25) is 0 Å². The number of rotatable bonds is 3. The molecule has 0 N–H and O–H groups in total. The van der Waals surface area contributed by atoms with E-state index in [4.69, 9.17) is 4.52 Å². The molecule has 2 aromatic rings. The summed E-state index contributed by atoms with van der Waals surface area (Å²) in [6.45, 7) is 1.36. The Hall–Kier alpha value is -2.10. The lowest BCUT2D eigenvalue weighted by molar-refractivity contribution is -0.132. The third kappa shape index (κ3) is 2.67. The van der Waals surface area contributed by atoms with Crippen LogP contribution in [-0.4, -0.2) is 22.5 Å². The highest BCUT2D eigenvalue weighted by molar-refractivity contribution is 5.76. The van der Waals surface area contributed by atoms with Crippen LogP contribution in [0.4, 0.5) is 0 Å². The SMILES string of the molecule is O=C(CCc1ccccc1)N1CCc2oncc2C1. The number of aromatic nitrogens is 1. The maximum absolute atomic E-state index is 12.2. The minimum absolute atomic E-state index is 0.204. The summed E-state index contributed by atoms with van der Waals surface area (Å²) in [6.07, 6.45) is 3.84. The topological polar surface area (TPSA) is 46.3 Å². The molecule has 98 valence electrons. The summed E-state index contributed by atoms with van der Waals surface area (Å²) < 4.78 is 5.13. The Balaban J connectivity index is 1.57. The van der Waals surface area contributed by atoms with Gasteiger partial charge in [-0.05, 0) is 12.0 Å². The Morgan fingerprint density at radius 1 is 1.32 bits per heavy atom.